The van der Waals surface area contributed by atoms with Crippen LogP contribution < -0.4 is 39.0 Å². The first-order chi connectivity index (χ1) is 14.3. The third-order valence-electron chi connectivity index (χ3n) is 5.02. The summed E-state index contributed by atoms with van der Waals surface area (Å²) in [5.74, 6) is 0.714. The van der Waals surface area contributed by atoms with Gasteiger partial charge in [-0.15, -0.1) is 0 Å². The number of carboxylic acid groups (broad SMARTS) is 1. The Labute approximate surface area is 202 Å². The molecule has 1 heterocycles. The van der Waals surface area contributed by atoms with Gasteiger partial charge in [0.15, 0.2) is 0 Å². The Morgan fingerprint density at radius 1 is 1.06 bits per heavy atom. The number of benzene rings is 2. The summed E-state index contributed by atoms with van der Waals surface area (Å²) >= 11 is 0. The van der Waals surface area contributed by atoms with E-state index in [0.717, 1.165) is 38.1 Å². The summed E-state index contributed by atoms with van der Waals surface area (Å²) in [5, 5.41) is 8.77. The summed E-state index contributed by atoms with van der Waals surface area (Å²) in [6, 6.07) is 11.7. The number of nitrogens with zero attached hydrogens (tertiary/aromatic N) is 1. The van der Waals surface area contributed by atoms with E-state index in [4.69, 9.17) is 14.6 Å². The smallest absolute Gasteiger partial charge is 1.00 e. The molecule has 0 amide bonds. The van der Waals surface area contributed by atoms with E-state index in [2.05, 4.69) is 4.90 Å². The van der Waals surface area contributed by atoms with E-state index in [0.29, 0.717) is 30.3 Å². The number of alkyl halides is 3. The van der Waals surface area contributed by atoms with Crippen LogP contribution in [0.5, 0.6) is 17.2 Å². The normalized spacial score (nSPS) is 16.5. The van der Waals surface area contributed by atoms with Crippen LogP contribution in [-0.4, -0.2) is 41.7 Å². The zero-order valence-corrected chi connectivity index (χ0v) is 19.4. The average molecular weight is 447 g/mol. The van der Waals surface area contributed by atoms with Crippen molar-refractivity contribution in [2.24, 2.45) is 0 Å². The van der Waals surface area contributed by atoms with Crippen LogP contribution in [0.15, 0.2) is 48.5 Å². The first-order valence-electron chi connectivity index (χ1n) is 9.85. The third-order valence-corrected chi connectivity index (χ3v) is 5.02. The van der Waals surface area contributed by atoms with Gasteiger partial charge < -0.3 is 16.0 Å². The number of hydrogen-bond donors (Lipinski definition) is 1. The second kappa shape index (κ2) is 11.8. The van der Waals surface area contributed by atoms with Crippen molar-refractivity contribution in [2.45, 2.75) is 37.9 Å². The molecule has 5 nitrogen and oxygen atoms in total. The van der Waals surface area contributed by atoms with E-state index < -0.39 is 17.7 Å². The molecule has 0 saturated carbocycles. The van der Waals surface area contributed by atoms with Gasteiger partial charge in [0.25, 0.3) is 0 Å². The first-order valence-corrected chi connectivity index (χ1v) is 9.85. The first kappa shape index (κ1) is 25.5. The van der Waals surface area contributed by atoms with E-state index in [1.54, 1.807) is 24.3 Å². The molecule has 0 aliphatic carbocycles. The third kappa shape index (κ3) is 8.03. The van der Waals surface area contributed by atoms with Gasteiger partial charge in [-0.2, -0.15) is 13.2 Å². The second-order valence-corrected chi connectivity index (χ2v) is 7.24. The number of hydrogen-bond acceptors (Lipinski definition) is 4. The van der Waals surface area contributed by atoms with Crippen molar-refractivity contribution < 1.29 is 63.5 Å². The maximum Gasteiger partial charge on any atom is 1.00 e. The number of aliphatic carboxylic acids is 1. The molecule has 9 heteroatoms. The molecule has 0 bridgehead atoms. The number of ether oxygens (including phenoxy) is 2. The molecule has 0 aromatic heterocycles. The Kier molecular flexibility index (Phi) is 9.68. The van der Waals surface area contributed by atoms with Crippen LogP contribution in [-0.2, 0) is 11.0 Å². The summed E-state index contributed by atoms with van der Waals surface area (Å²) < 4.78 is 49.3. The largest absolute Gasteiger partial charge is 1.00 e. The number of carboxylic acids is 1. The fraction of sp³-hybridized carbons (Fsp3) is 0.409. The standard InChI is InChI=1S/C22H24F3NO4.Na.H/c23-22(24,25)16-5-7-19(8-6-16)30-20-11-9-18(10-12-20)29-15-17-3-1-13-26(17)14-2-4-21(27)28;;/h5-12,17H,1-4,13-15H2,(H,27,28);;/q;+1;-1/t17-;;/m1../s1. The van der Waals surface area contributed by atoms with Crippen molar-refractivity contribution in [1.29, 1.82) is 0 Å². The van der Waals surface area contributed by atoms with Gasteiger partial charge in [-0.25, -0.2) is 0 Å². The minimum absolute atomic E-state index is 0. The Balaban J connectivity index is 0.00000256. The van der Waals surface area contributed by atoms with Crippen LogP contribution >= 0.6 is 0 Å². The topological polar surface area (TPSA) is 59.0 Å². The second-order valence-electron chi connectivity index (χ2n) is 7.24. The van der Waals surface area contributed by atoms with Gasteiger partial charge >= 0.3 is 41.7 Å². The molecule has 1 aliphatic rings. The van der Waals surface area contributed by atoms with Crippen molar-refractivity contribution in [3.63, 3.8) is 0 Å². The summed E-state index contributed by atoms with van der Waals surface area (Å²) in [7, 11) is 0. The molecule has 1 aliphatic heterocycles. The monoisotopic (exact) mass is 447 g/mol. The van der Waals surface area contributed by atoms with Crippen molar-refractivity contribution >= 4 is 5.97 Å². The molecule has 1 saturated heterocycles. The minimum Gasteiger partial charge on any atom is -1.00 e. The molecule has 3 rings (SSSR count). The maximum absolute atomic E-state index is 12.6. The van der Waals surface area contributed by atoms with Gasteiger partial charge in [-0.1, -0.05) is 0 Å². The Bertz CT molecular complexity index is 835. The SMILES string of the molecule is O=C(O)CCCN1CCC[C@@H]1COc1ccc(Oc2ccc(C(F)(F)F)cc2)cc1.[H-].[Na+]. The van der Waals surface area contributed by atoms with Gasteiger partial charge in [0.2, 0.25) is 0 Å². The molecule has 1 atom stereocenters. The van der Waals surface area contributed by atoms with Gasteiger partial charge in [0, 0.05) is 12.5 Å². The quantitative estimate of drug-likeness (QED) is 0.598. The van der Waals surface area contributed by atoms with Gasteiger partial charge in [-0.3, -0.25) is 9.69 Å². The van der Waals surface area contributed by atoms with Crippen LogP contribution in [0.4, 0.5) is 13.2 Å². The predicted octanol–water partition coefficient (Wildman–Crippen LogP) is 2.32. The van der Waals surface area contributed by atoms with Crippen LogP contribution in [0.1, 0.15) is 32.7 Å². The molecule has 2 aromatic carbocycles. The molecule has 2 aromatic rings. The molecule has 0 unspecified atom stereocenters. The molecule has 0 radical (unpaired) electrons. The van der Waals surface area contributed by atoms with E-state index >= 15 is 0 Å². The summed E-state index contributed by atoms with van der Waals surface area (Å²) in [4.78, 5) is 12.9. The van der Waals surface area contributed by atoms with Crippen molar-refractivity contribution in [3.8, 4) is 17.2 Å². The fourth-order valence-corrected chi connectivity index (χ4v) is 3.46. The van der Waals surface area contributed by atoms with Crippen molar-refractivity contribution in [1.82, 2.24) is 4.90 Å². The predicted molar refractivity (Wildman–Crippen MR) is 106 cm³/mol. The maximum atomic E-state index is 12.6. The van der Waals surface area contributed by atoms with Crippen LogP contribution in [0.25, 0.3) is 0 Å². The van der Waals surface area contributed by atoms with E-state index in [1.165, 1.54) is 12.1 Å². The Hall–Kier alpha value is -1.74. The molecule has 0 spiro atoms. The number of rotatable bonds is 9. The Morgan fingerprint density at radius 2 is 1.65 bits per heavy atom. The molecule has 1 fully saturated rings. The van der Waals surface area contributed by atoms with Gasteiger partial charge in [0.05, 0.1) is 5.56 Å². The van der Waals surface area contributed by atoms with Crippen molar-refractivity contribution in [2.75, 3.05) is 19.7 Å². The summed E-state index contributed by atoms with van der Waals surface area (Å²) in [6.07, 6.45) is -1.49. The number of carbonyl (C=O) groups is 1. The minimum atomic E-state index is -4.37. The van der Waals surface area contributed by atoms with Gasteiger partial charge in [0.1, 0.15) is 23.9 Å². The average Bonchev–Trinajstić information content (AvgIpc) is 3.14. The summed E-state index contributed by atoms with van der Waals surface area (Å²) in [6.45, 7) is 2.22. The zero-order chi connectivity index (χ0) is 21.6. The molecule has 1 N–H and O–H groups in total. The molecular formula is C22H25F3NNaO4. The van der Waals surface area contributed by atoms with Crippen LogP contribution in [0, 0.1) is 0 Å². The van der Waals surface area contributed by atoms with Crippen molar-refractivity contribution in [3.05, 3.63) is 54.1 Å². The molecule has 164 valence electrons. The number of likely N-dealkylation sites (tertiary alicyclic amines) is 1. The number of halogens is 3. The van der Waals surface area contributed by atoms with E-state index in [1.807, 2.05) is 0 Å². The molecular weight excluding hydrogens is 422 g/mol. The van der Waals surface area contributed by atoms with Crippen LogP contribution in [0.2, 0.25) is 0 Å². The zero-order valence-electron chi connectivity index (χ0n) is 18.4. The summed E-state index contributed by atoms with van der Waals surface area (Å²) in [5.41, 5.74) is -0.720. The molecule has 31 heavy (non-hydrogen) atoms. The van der Waals surface area contributed by atoms with Gasteiger partial charge in [-0.05, 0) is 80.9 Å². The van der Waals surface area contributed by atoms with E-state index in [-0.39, 0.29) is 43.4 Å². The van der Waals surface area contributed by atoms with E-state index in [9.17, 15) is 18.0 Å². The van der Waals surface area contributed by atoms with Crippen LogP contribution in [0.3, 0.4) is 0 Å². The fourth-order valence-electron chi connectivity index (χ4n) is 3.46. The Morgan fingerprint density at radius 3 is 2.23 bits per heavy atom.